The molecule has 2 aromatic rings. The highest BCUT2D eigenvalue weighted by Crippen LogP contribution is 2.45. The SMILES string of the molecule is OCC1(c2nc(-c3cc[nH]c3)cs2)CCC1. The van der Waals surface area contributed by atoms with Gasteiger partial charge in [-0.3, -0.25) is 0 Å². The van der Waals surface area contributed by atoms with Crippen molar-refractivity contribution in [3.8, 4) is 11.3 Å². The molecule has 0 aliphatic heterocycles. The van der Waals surface area contributed by atoms with Crippen LogP contribution in [0.3, 0.4) is 0 Å². The Labute approximate surface area is 98.2 Å². The summed E-state index contributed by atoms with van der Waals surface area (Å²) >= 11 is 1.67. The molecule has 0 saturated heterocycles. The van der Waals surface area contributed by atoms with Gasteiger partial charge in [-0.25, -0.2) is 4.98 Å². The van der Waals surface area contributed by atoms with Gasteiger partial charge in [-0.15, -0.1) is 11.3 Å². The van der Waals surface area contributed by atoms with E-state index in [2.05, 4.69) is 15.3 Å². The predicted molar refractivity (Wildman–Crippen MR) is 64.5 cm³/mol. The molecule has 4 heteroatoms. The van der Waals surface area contributed by atoms with Gasteiger partial charge in [0.1, 0.15) is 5.01 Å². The monoisotopic (exact) mass is 234 g/mol. The second kappa shape index (κ2) is 3.71. The number of hydrogen-bond donors (Lipinski definition) is 2. The van der Waals surface area contributed by atoms with Gasteiger partial charge in [0.15, 0.2) is 0 Å². The van der Waals surface area contributed by atoms with E-state index in [0.717, 1.165) is 29.1 Å². The lowest BCUT2D eigenvalue weighted by molar-refractivity contribution is 0.120. The maximum absolute atomic E-state index is 9.49. The third-order valence-corrected chi connectivity index (χ3v) is 4.55. The maximum atomic E-state index is 9.49. The summed E-state index contributed by atoms with van der Waals surface area (Å²) in [6.45, 7) is 0.229. The summed E-state index contributed by atoms with van der Waals surface area (Å²) in [5.41, 5.74) is 2.11. The smallest absolute Gasteiger partial charge is 0.102 e. The van der Waals surface area contributed by atoms with Gasteiger partial charge in [0, 0.05) is 28.8 Å². The second-order valence-corrected chi connectivity index (χ2v) is 5.29. The van der Waals surface area contributed by atoms with Crippen molar-refractivity contribution >= 4 is 11.3 Å². The molecule has 0 atom stereocenters. The van der Waals surface area contributed by atoms with Crippen LogP contribution in [0.25, 0.3) is 11.3 Å². The van der Waals surface area contributed by atoms with E-state index in [0.29, 0.717) is 0 Å². The van der Waals surface area contributed by atoms with Gasteiger partial charge in [-0.2, -0.15) is 0 Å². The maximum Gasteiger partial charge on any atom is 0.102 e. The van der Waals surface area contributed by atoms with Gasteiger partial charge in [0.2, 0.25) is 0 Å². The third kappa shape index (κ3) is 1.41. The molecule has 0 unspecified atom stereocenters. The van der Waals surface area contributed by atoms with E-state index in [9.17, 15) is 5.11 Å². The highest BCUT2D eigenvalue weighted by molar-refractivity contribution is 7.10. The number of hydrogen-bond acceptors (Lipinski definition) is 3. The van der Waals surface area contributed by atoms with Crippen LogP contribution in [-0.2, 0) is 5.41 Å². The van der Waals surface area contributed by atoms with Crippen molar-refractivity contribution < 1.29 is 5.11 Å². The van der Waals surface area contributed by atoms with Crippen molar-refractivity contribution in [3.63, 3.8) is 0 Å². The Morgan fingerprint density at radius 2 is 2.38 bits per heavy atom. The number of nitrogens with zero attached hydrogens (tertiary/aromatic N) is 1. The summed E-state index contributed by atoms with van der Waals surface area (Å²) in [6.07, 6.45) is 7.21. The largest absolute Gasteiger partial charge is 0.395 e. The van der Waals surface area contributed by atoms with Crippen molar-refractivity contribution in [2.24, 2.45) is 0 Å². The molecule has 1 saturated carbocycles. The van der Waals surface area contributed by atoms with E-state index in [-0.39, 0.29) is 12.0 Å². The van der Waals surface area contributed by atoms with Crippen LogP contribution < -0.4 is 0 Å². The average molecular weight is 234 g/mol. The molecule has 0 amide bonds. The van der Waals surface area contributed by atoms with E-state index >= 15 is 0 Å². The molecular formula is C12H14N2OS. The minimum absolute atomic E-state index is 0.0285. The predicted octanol–water partition coefficient (Wildman–Crippen LogP) is 2.55. The summed E-state index contributed by atoms with van der Waals surface area (Å²) in [5.74, 6) is 0. The van der Waals surface area contributed by atoms with Crippen LogP contribution in [0, 0.1) is 0 Å². The van der Waals surface area contributed by atoms with Crippen LogP contribution in [0.1, 0.15) is 24.3 Å². The number of aromatic amines is 1. The van der Waals surface area contributed by atoms with Crippen LogP contribution in [-0.4, -0.2) is 21.7 Å². The third-order valence-electron chi connectivity index (χ3n) is 3.46. The molecule has 2 heterocycles. The van der Waals surface area contributed by atoms with E-state index in [1.165, 1.54) is 6.42 Å². The van der Waals surface area contributed by atoms with E-state index in [1.54, 1.807) is 11.3 Å². The fraction of sp³-hybridized carbons (Fsp3) is 0.417. The molecule has 84 valence electrons. The number of rotatable bonds is 3. The Kier molecular flexibility index (Phi) is 2.33. The Hall–Kier alpha value is -1.13. The lowest BCUT2D eigenvalue weighted by Crippen LogP contribution is -2.37. The fourth-order valence-corrected chi connectivity index (χ4v) is 3.26. The minimum atomic E-state index is -0.0285. The Bertz CT molecular complexity index is 465. The highest BCUT2D eigenvalue weighted by atomic mass is 32.1. The van der Waals surface area contributed by atoms with Crippen molar-refractivity contribution in [1.82, 2.24) is 9.97 Å². The van der Waals surface area contributed by atoms with Crippen LogP contribution >= 0.6 is 11.3 Å². The number of aliphatic hydroxyl groups is 1. The van der Waals surface area contributed by atoms with Crippen molar-refractivity contribution in [2.75, 3.05) is 6.61 Å². The zero-order valence-corrected chi connectivity index (χ0v) is 9.76. The molecule has 1 aliphatic rings. The average Bonchev–Trinajstić information content (AvgIpc) is 2.86. The molecule has 3 rings (SSSR count). The fourth-order valence-electron chi connectivity index (χ4n) is 2.18. The first-order chi connectivity index (χ1) is 7.84. The van der Waals surface area contributed by atoms with Gasteiger partial charge in [0.25, 0.3) is 0 Å². The molecular weight excluding hydrogens is 220 g/mol. The number of H-pyrrole nitrogens is 1. The van der Waals surface area contributed by atoms with E-state index in [4.69, 9.17) is 0 Å². The van der Waals surface area contributed by atoms with Gasteiger partial charge < -0.3 is 10.1 Å². The molecule has 0 radical (unpaired) electrons. The first-order valence-corrected chi connectivity index (χ1v) is 6.42. The minimum Gasteiger partial charge on any atom is -0.395 e. The summed E-state index contributed by atoms with van der Waals surface area (Å²) in [5, 5.41) is 12.7. The second-order valence-electron chi connectivity index (χ2n) is 4.43. The van der Waals surface area contributed by atoms with Crippen LogP contribution in [0.4, 0.5) is 0 Å². The Morgan fingerprint density at radius 1 is 1.50 bits per heavy atom. The number of nitrogens with one attached hydrogen (secondary N) is 1. The van der Waals surface area contributed by atoms with Gasteiger partial charge in [0.05, 0.1) is 12.3 Å². The zero-order valence-electron chi connectivity index (χ0n) is 8.94. The molecule has 2 aromatic heterocycles. The van der Waals surface area contributed by atoms with E-state index in [1.807, 2.05) is 18.5 Å². The zero-order chi connectivity index (χ0) is 11.0. The topological polar surface area (TPSA) is 48.9 Å². The Morgan fingerprint density at radius 3 is 2.94 bits per heavy atom. The summed E-state index contributed by atoms with van der Waals surface area (Å²) in [6, 6.07) is 2.02. The highest BCUT2D eigenvalue weighted by Gasteiger charge is 2.40. The number of aromatic nitrogens is 2. The standard InChI is InChI=1S/C12H14N2OS/c15-8-12(3-1-4-12)11-14-10(7-16-11)9-2-5-13-6-9/h2,5-7,13,15H,1,3-4,8H2. The van der Waals surface area contributed by atoms with Gasteiger partial charge in [-0.1, -0.05) is 6.42 Å². The van der Waals surface area contributed by atoms with Crippen molar-refractivity contribution in [2.45, 2.75) is 24.7 Å². The molecule has 0 spiro atoms. The molecule has 1 aliphatic carbocycles. The molecule has 16 heavy (non-hydrogen) atoms. The van der Waals surface area contributed by atoms with Crippen molar-refractivity contribution in [1.29, 1.82) is 0 Å². The molecule has 2 N–H and O–H groups in total. The van der Waals surface area contributed by atoms with Gasteiger partial charge in [-0.05, 0) is 18.9 Å². The normalized spacial score (nSPS) is 18.3. The number of aliphatic hydroxyl groups excluding tert-OH is 1. The van der Waals surface area contributed by atoms with Gasteiger partial charge >= 0.3 is 0 Å². The molecule has 1 fully saturated rings. The Balaban J connectivity index is 1.93. The van der Waals surface area contributed by atoms with Crippen LogP contribution in [0.15, 0.2) is 23.8 Å². The molecule has 3 nitrogen and oxygen atoms in total. The first-order valence-electron chi connectivity index (χ1n) is 5.54. The lowest BCUT2D eigenvalue weighted by atomic mass is 9.70. The summed E-state index contributed by atoms with van der Waals surface area (Å²) in [4.78, 5) is 7.69. The van der Waals surface area contributed by atoms with Crippen LogP contribution in [0.2, 0.25) is 0 Å². The molecule has 0 aromatic carbocycles. The van der Waals surface area contributed by atoms with Crippen LogP contribution in [0.5, 0.6) is 0 Å². The summed E-state index contributed by atoms with van der Waals surface area (Å²) < 4.78 is 0. The lowest BCUT2D eigenvalue weighted by Gasteiger charge is -2.38. The first kappa shape index (κ1) is 10.1. The molecule has 0 bridgehead atoms. The summed E-state index contributed by atoms with van der Waals surface area (Å²) in [7, 11) is 0. The van der Waals surface area contributed by atoms with E-state index < -0.39 is 0 Å². The quantitative estimate of drug-likeness (QED) is 0.857. The number of thiazole rings is 1. The van der Waals surface area contributed by atoms with Crippen molar-refractivity contribution in [3.05, 3.63) is 28.8 Å².